The second-order valence-corrected chi connectivity index (χ2v) is 6.32. The van der Waals surface area contributed by atoms with Crippen molar-refractivity contribution in [1.29, 1.82) is 0 Å². The molecule has 0 spiro atoms. The largest absolute Gasteiger partial charge is 0.490 e. The van der Waals surface area contributed by atoms with Crippen LogP contribution in [0.15, 0.2) is 48.7 Å². The summed E-state index contributed by atoms with van der Waals surface area (Å²) in [6.07, 6.45) is -3.06. The summed E-state index contributed by atoms with van der Waals surface area (Å²) in [5, 5.41) is 10.5. The Labute approximate surface area is 153 Å². The first-order chi connectivity index (χ1) is 12.8. The van der Waals surface area contributed by atoms with Crippen LogP contribution in [-0.2, 0) is 11.3 Å². The van der Waals surface area contributed by atoms with Crippen molar-refractivity contribution in [1.82, 2.24) is 14.8 Å². The number of benzene rings is 1. The van der Waals surface area contributed by atoms with Crippen molar-refractivity contribution in [2.24, 2.45) is 0 Å². The highest BCUT2D eigenvalue weighted by atomic mass is 19.4. The second kappa shape index (κ2) is 7.43. The molecule has 0 aliphatic carbocycles. The number of fused-ring (bicyclic) bond motifs is 3. The molecule has 27 heavy (non-hydrogen) atoms. The van der Waals surface area contributed by atoms with Gasteiger partial charge in [0, 0.05) is 25.8 Å². The summed E-state index contributed by atoms with van der Waals surface area (Å²) < 4.78 is 33.9. The van der Waals surface area contributed by atoms with Gasteiger partial charge >= 0.3 is 12.1 Å². The zero-order chi connectivity index (χ0) is 19.6. The first-order valence-corrected chi connectivity index (χ1v) is 8.31. The minimum Gasteiger partial charge on any atom is -0.475 e. The normalized spacial score (nSPS) is 21.1. The number of hydrogen-bond donors (Lipinski definition) is 2. The molecule has 4 rings (SSSR count). The molecule has 1 aromatic carbocycles. The molecule has 2 N–H and O–H groups in total. The molecule has 0 bridgehead atoms. The summed E-state index contributed by atoms with van der Waals surface area (Å²) in [4.78, 5) is 23.6. The van der Waals surface area contributed by atoms with E-state index in [1.807, 2.05) is 41.4 Å². The summed E-state index contributed by atoms with van der Waals surface area (Å²) in [7, 11) is 0. The standard InChI is InChI=1S/C16H17N3O.C2HF3O2/c20-16-13-7-4-8-18(13)14-9-17-10-15(14)19(16)11-12-5-2-1-3-6-12;3-2(4,5)1(6)7/h1-8,14-15,17H,9-11H2;(H,6,7). The van der Waals surface area contributed by atoms with Gasteiger partial charge in [-0.25, -0.2) is 4.79 Å². The number of nitrogens with zero attached hydrogens (tertiary/aromatic N) is 2. The van der Waals surface area contributed by atoms with Gasteiger partial charge in [-0.3, -0.25) is 4.79 Å². The molecule has 2 aromatic rings. The second-order valence-electron chi connectivity index (χ2n) is 6.32. The van der Waals surface area contributed by atoms with Crippen molar-refractivity contribution in [3.63, 3.8) is 0 Å². The Morgan fingerprint density at radius 1 is 1.11 bits per heavy atom. The molecule has 2 unspecified atom stereocenters. The van der Waals surface area contributed by atoms with Crippen LogP contribution in [0, 0.1) is 0 Å². The van der Waals surface area contributed by atoms with E-state index in [0.717, 1.165) is 18.8 Å². The number of amides is 1. The van der Waals surface area contributed by atoms with Crippen LogP contribution in [-0.4, -0.2) is 51.8 Å². The van der Waals surface area contributed by atoms with Crippen LogP contribution in [0.5, 0.6) is 0 Å². The fourth-order valence-corrected chi connectivity index (χ4v) is 3.38. The lowest BCUT2D eigenvalue weighted by Crippen LogP contribution is -2.49. The fourth-order valence-electron chi connectivity index (χ4n) is 3.38. The van der Waals surface area contributed by atoms with Crippen molar-refractivity contribution in [2.45, 2.75) is 24.8 Å². The number of nitrogens with one attached hydrogen (secondary N) is 1. The summed E-state index contributed by atoms with van der Waals surface area (Å²) in [6.45, 7) is 2.50. The minimum absolute atomic E-state index is 0.142. The van der Waals surface area contributed by atoms with E-state index in [4.69, 9.17) is 9.90 Å². The van der Waals surface area contributed by atoms with Gasteiger partial charge in [-0.15, -0.1) is 0 Å². The molecule has 2 aliphatic heterocycles. The Morgan fingerprint density at radius 3 is 2.37 bits per heavy atom. The first-order valence-electron chi connectivity index (χ1n) is 8.31. The van der Waals surface area contributed by atoms with Crippen LogP contribution in [0.2, 0.25) is 0 Å². The maximum Gasteiger partial charge on any atom is 0.490 e. The van der Waals surface area contributed by atoms with Gasteiger partial charge in [-0.1, -0.05) is 30.3 Å². The van der Waals surface area contributed by atoms with E-state index in [1.165, 1.54) is 5.56 Å². The Hall–Kier alpha value is -2.81. The Kier molecular flexibility index (Phi) is 5.22. The van der Waals surface area contributed by atoms with Crippen molar-refractivity contribution < 1.29 is 27.9 Å². The maximum absolute atomic E-state index is 12.7. The predicted molar refractivity (Wildman–Crippen MR) is 90.1 cm³/mol. The summed E-state index contributed by atoms with van der Waals surface area (Å²) in [6, 6.07) is 14.7. The zero-order valence-corrected chi connectivity index (χ0v) is 14.2. The highest BCUT2D eigenvalue weighted by Gasteiger charge is 2.41. The zero-order valence-electron chi connectivity index (χ0n) is 14.2. The lowest BCUT2D eigenvalue weighted by molar-refractivity contribution is -0.192. The molecule has 1 aromatic heterocycles. The predicted octanol–water partition coefficient (Wildman–Crippen LogP) is 2.29. The molecule has 3 heterocycles. The topological polar surface area (TPSA) is 74.6 Å². The molecule has 9 heteroatoms. The van der Waals surface area contributed by atoms with E-state index >= 15 is 0 Å². The van der Waals surface area contributed by atoms with Crippen molar-refractivity contribution in [3.05, 3.63) is 59.9 Å². The number of hydrogen-bond acceptors (Lipinski definition) is 3. The SMILES string of the molecule is O=C(O)C(F)(F)F.O=C1c2cccn2C2CNCC2N1Cc1ccccc1. The van der Waals surface area contributed by atoms with Gasteiger partial charge in [0.2, 0.25) is 0 Å². The average molecular weight is 381 g/mol. The van der Waals surface area contributed by atoms with Crippen molar-refractivity contribution >= 4 is 11.9 Å². The number of alkyl halides is 3. The van der Waals surface area contributed by atoms with Crippen molar-refractivity contribution in [2.75, 3.05) is 13.1 Å². The van der Waals surface area contributed by atoms with E-state index in [1.54, 1.807) is 0 Å². The highest BCUT2D eigenvalue weighted by Crippen LogP contribution is 2.31. The first kappa shape index (κ1) is 19.0. The van der Waals surface area contributed by atoms with Gasteiger partial charge in [0.15, 0.2) is 0 Å². The maximum atomic E-state index is 12.7. The molecule has 1 amide bonds. The summed E-state index contributed by atoms with van der Waals surface area (Å²) >= 11 is 0. The van der Waals surface area contributed by atoms with Crippen LogP contribution < -0.4 is 5.32 Å². The number of carbonyl (C=O) groups excluding carboxylic acids is 1. The van der Waals surface area contributed by atoms with Crippen LogP contribution >= 0.6 is 0 Å². The van der Waals surface area contributed by atoms with E-state index < -0.39 is 12.1 Å². The van der Waals surface area contributed by atoms with Gasteiger partial charge in [-0.05, 0) is 17.7 Å². The monoisotopic (exact) mass is 381 g/mol. The number of carboxylic acid groups (broad SMARTS) is 1. The number of carbonyl (C=O) groups is 2. The Balaban J connectivity index is 0.000000260. The number of aliphatic carboxylic acids is 1. The molecule has 0 radical (unpaired) electrons. The number of halogens is 3. The van der Waals surface area contributed by atoms with E-state index in [2.05, 4.69) is 22.0 Å². The van der Waals surface area contributed by atoms with E-state index in [0.29, 0.717) is 12.6 Å². The van der Waals surface area contributed by atoms with Crippen molar-refractivity contribution in [3.8, 4) is 0 Å². The third-order valence-electron chi connectivity index (χ3n) is 4.61. The van der Waals surface area contributed by atoms with Gasteiger partial charge in [-0.2, -0.15) is 13.2 Å². The number of rotatable bonds is 2. The molecule has 0 saturated carbocycles. The number of aromatic nitrogens is 1. The van der Waals surface area contributed by atoms with E-state index in [-0.39, 0.29) is 11.9 Å². The van der Waals surface area contributed by atoms with Gasteiger partial charge in [0.25, 0.3) is 5.91 Å². The van der Waals surface area contributed by atoms with Gasteiger partial charge in [0.1, 0.15) is 5.69 Å². The lowest BCUT2D eigenvalue weighted by atomic mass is 10.0. The summed E-state index contributed by atoms with van der Waals surface area (Å²) in [5.74, 6) is -2.61. The third kappa shape index (κ3) is 3.97. The van der Waals surface area contributed by atoms with Crippen LogP contribution in [0.1, 0.15) is 22.1 Å². The molecular weight excluding hydrogens is 363 g/mol. The minimum atomic E-state index is -5.08. The fraction of sp³-hybridized carbons (Fsp3) is 0.333. The third-order valence-corrected chi connectivity index (χ3v) is 4.61. The molecular formula is C18H18F3N3O3. The van der Waals surface area contributed by atoms with Crippen LogP contribution in [0.3, 0.4) is 0 Å². The van der Waals surface area contributed by atoms with E-state index in [9.17, 15) is 18.0 Å². The summed E-state index contributed by atoms with van der Waals surface area (Å²) in [5.41, 5.74) is 2.00. The highest BCUT2D eigenvalue weighted by molar-refractivity contribution is 5.94. The van der Waals surface area contributed by atoms with Crippen LogP contribution in [0.25, 0.3) is 0 Å². The smallest absolute Gasteiger partial charge is 0.475 e. The molecule has 1 fully saturated rings. The molecule has 2 aliphatic rings. The molecule has 2 atom stereocenters. The average Bonchev–Trinajstić information content (AvgIpc) is 3.28. The van der Waals surface area contributed by atoms with Crippen LogP contribution in [0.4, 0.5) is 13.2 Å². The Morgan fingerprint density at radius 2 is 1.74 bits per heavy atom. The number of carboxylic acids is 1. The molecule has 6 nitrogen and oxygen atoms in total. The lowest BCUT2D eigenvalue weighted by Gasteiger charge is -2.38. The van der Waals surface area contributed by atoms with Gasteiger partial charge in [0.05, 0.1) is 12.1 Å². The van der Waals surface area contributed by atoms with Gasteiger partial charge < -0.3 is 19.9 Å². The Bertz CT molecular complexity index is 820. The molecule has 144 valence electrons. The quantitative estimate of drug-likeness (QED) is 0.837. The molecule has 1 saturated heterocycles.